The van der Waals surface area contributed by atoms with Crippen LogP contribution in [0.15, 0.2) is 29.6 Å². The summed E-state index contributed by atoms with van der Waals surface area (Å²) in [4.78, 5) is 33.6. The van der Waals surface area contributed by atoms with Crippen LogP contribution in [-0.4, -0.2) is 55.0 Å². The molecule has 1 aromatic heterocycles. The van der Waals surface area contributed by atoms with Crippen LogP contribution in [-0.2, 0) is 16.0 Å². The molecular formula is C22H28N4O3S. The van der Waals surface area contributed by atoms with Crippen LogP contribution in [0.2, 0.25) is 0 Å². The van der Waals surface area contributed by atoms with Gasteiger partial charge in [-0.25, -0.2) is 4.98 Å². The average molecular weight is 429 g/mol. The second-order valence-electron chi connectivity index (χ2n) is 7.83. The Morgan fingerprint density at radius 2 is 1.90 bits per heavy atom. The predicted molar refractivity (Wildman–Crippen MR) is 118 cm³/mol. The van der Waals surface area contributed by atoms with E-state index in [-0.39, 0.29) is 24.2 Å². The van der Waals surface area contributed by atoms with Crippen molar-refractivity contribution < 1.29 is 14.3 Å². The van der Waals surface area contributed by atoms with Crippen LogP contribution in [0.25, 0.3) is 0 Å². The number of anilines is 2. The lowest BCUT2D eigenvalue weighted by Crippen LogP contribution is -2.49. The fourth-order valence-electron chi connectivity index (χ4n) is 4.20. The molecule has 0 atom stereocenters. The molecule has 1 aliphatic heterocycles. The number of ether oxygens (including phenoxy) is 1. The molecule has 0 bridgehead atoms. The van der Waals surface area contributed by atoms with Crippen molar-refractivity contribution in [3.8, 4) is 5.75 Å². The van der Waals surface area contributed by atoms with Crippen LogP contribution < -0.4 is 15.0 Å². The number of nitrogens with zero attached hydrogens (tertiary/aromatic N) is 3. The van der Waals surface area contributed by atoms with Gasteiger partial charge in [-0.1, -0.05) is 25.0 Å². The number of para-hydroxylation sites is 2. The summed E-state index contributed by atoms with van der Waals surface area (Å²) in [5, 5.41) is 5.38. The number of thiazole rings is 1. The standard InChI is InChI=1S/C22H28N4O3S/c1-29-19-9-5-4-8-18(19)25-10-12-26(13-11-25)20(27)14-17-15-30-22(23-17)24-21(28)16-6-2-3-7-16/h4-5,8-9,15-16H,2-3,6-7,10-14H2,1H3,(H,23,24,28). The molecule has 2 amide bonds. The maximum atomic E-state index is 12.7. The van der Waals surface area contributed by atoms with Gasteiger partial charge in [-0.15, -0.1) is 11.3 Å². The summed E-state index contributed by atoms with van der Waals surface area (Å²) in [5.41, 5.74) is 1.79. The number of piperazine rings is 1. The van der Waals surface area contributed by atoms with Crippen molar-refractivity contribution in [2.24, 2.45) is 5.92 Å². The predicted octanol–water partition coefficient (Wildman–Crippen LogP) is 3.17. The molecule has 2 fully saturated rings. The molecule has 160 valence electrons. The maximum Gasteiger partial charge on any atom is 0.229 e. The monoisotopic (exact) mass is 428 g/mol. The van der Waals surface area contributed by atoms with E-state index in [0.29, 0.717) is 18.2 Å². The number of hydrogen-bond donors (Lipinski definition) is 1. The molecule has 1 aromatic carbocycles. The van der Waals surface area contributed by atoms with Crippen molar-refractivity contribution >= 4 is 34.0 Å². The van der Waals surface area contributed by atoms with E-state index in [1.807, 2.05) is 34.5 Å². The normalized spacial score (nSPS) is 17.2. The Morgan fingerprint density at radius 1 is 1.17 bits per heavy atom. The quantitative estimate of drug-likeness (QED) is 0.765. The van der Waals surface area contributed by atoms with Gasteiger partial charge in [0, 0.05) is 37.5 Å². The van der Waals surface area contributed by atoms with Gasteiger partial charge in [-0.3, -0.25) is 9.59 Å². The zero-order chi connectivity index (χ0) is 20.9. The molecule has 4 rings (SSSR count). The summed E-state index contributed by atoms with van der Waals surface area (Å²) < 4.78 is 5.45. The number of carbonyl (C=O) groups is 2. The van der Waals surface area contributed by atoms with E-state index in [1.54, 1.807) is 7.11 Å². The van der Waals surface area contributed by atoms with Crippen LogP contribution in [0.4, 0.5) is 10.8 Å². The highest BCUT2D eigenvalue weighted by Gasteiger charge is 2.25. The molecule has 7 nitrogen and oxygen atoms in total. The van der Waals surface area contributed by atoms with Gasteiger partial charge in [0.2, 0.25) is 11.8 Å². The molecule has 1 aliphatic carbocycles. The van der Waals surface area contributed by atoms with E-state index >= 15 is 0 Å². The van der Waals surface area contributed by atoms with Crippen molar-refractivity contribution in [3.05, 3.63) is 35.3 Å². The molecule has 0 unspecified atom stereocenters. The molecule has 1 N–H and O–H groups in total. The second kappa shape index (κ2) is 9.47. The van der Waals surface area contributed by atoms with Gasteiger partial charge in [0.1, 0.15) is 5.75 Å². The molecule has 1 saturated heterocycles. The molecule has 2 heterocycles. The van der Waals surface area contributed by atoms with Crippen molar-refractivity contribution in [3.63, 3.8) is 0 Å². The van der Waals surface area contributed by atoms with E-state index < -0.39 is 0 Å². The largest absolute Gasteiger partial charge is 0.495 e. The van der Waals surface area contributed by atoms with E-state index in [0.717, 1.165) is 55.9 Å². The summed E-state index contributed by atoms with van der Waals surface area (Å²) >= 11 is 1.39. The van der Waals surface area contributed by atoms with Crippen molar-refractivity contribution in [1.29, 1.82) is 0 Å². The third-order valence-electron chi connectivity index (χ3n) is 5.90. The number of benzene rings is 1. The lowest BCUT2D eigenvalue weighted by Gasteiger charge is -2.36. The number of nitrogens with one attached hydrogen (secondary N) is 1. The molecule has 0 radical (unpaired) electrons. The fraction of sp³-hybridized carbons (Fsp3) is 0.500. The van der Waals surface area contributed by atoms with Gasteiger partial charge in [0.05, 0.1) is 24.9 Å². The van der Waals surface area contributed by atoms with E-state index in [1.165, 1.54) is 11.3 Å². The molecule has 8 heteroatoms. The van der Waals surface area contributed by atoms with Gasteiger partial charge < -0.3 is 19.9 Å². The Bertz CT molecular complexity index is 886. The third kappa shape index (κ3) is 4.75. The lowest BCUT2D eigenvalue weighted by atomic mass is 10.1. The Kier molecular flexibility index (Phi) is 6.52. The SMILES string of the molecule is COc1ccccc1N1CCN(C(=O)Cc2csc(NC(=O)C3CCCC3)n2)CC1. The molecule has 0 spiro atoms. The van der Waals surface area contributed by atoms with E-state index in [9.17, 15) is 9.59 Å². The van der Waals surface area contributed by atoms with Gasteiger partial charge in [0.25, 0.3) is 0 Å². The molecule has 30 heavy (non-hydrogen) atoms. The zero-order valence-electron chi connectivity index (χ0n) is 17.3. The number of amides is 2. The summed E-state index contributed by atoms with van der Waals surface area (Å²) in [6.07, 6.45) is 4.44. The molecule has 1 saturated carbocycles. The topological polar surface area (TPSA) is 74.8 Å². The van der Waals surface area contributed by atoms with Crippen LogP contribution >= 0.6 is 11.3 Å². The Labute approximate surface area is 181 Å². The van der Waals surface area contributed by atoms with Crippen molar-refractivity contribution in [1.82, 2.24) is 9.88 Å². The van der Waals surface area contributed by atoms with Crippen LogP contribution in [0.1, 0.15) is 31.4 Å². The van der Waals surface area contributed by atoms with Gasteiger partial charge in [0.15, 0.2) is 5.13 Å². The summed E-state index contributed by atoms with van der Waals surface area (Å²) in [5.74, 6) is 1.10. The minimum absolute atomic E-state index is 0.0622. The van der Waals surface area contributed by atoms with Gasteiger partial charge >= 0.3 is 0 Å². The highest BCUT2D eigenvalue weighted by atomic mass is 32.1. The van der Waals surface area contributed by atoms with Crippen molar-refractivity contribution in [2.75, 3.05) is 43.5 Å². The average Bonchev–Trinajstić information content (AvgIpc) is 3.46. The summed E-state index contributed by atoms with van der Waals surface area (Å²) in [6, 6.07) is 7.96. The lowest BCUT2D eigenvalue weighted by molar-refractivity contribution is -0.130. The zero-order valence-corrected chi connectivity index (χ0v) is 18.1. The first-order valence-corrected chi connectivity index (χ1v) is 11.4. The highest BCUT2D eigenvalue weighted by molar-refractivity contribution is 7.13. The van der Waals surface area contributed by atoms with E-state index in [2.05, 4.69) is 15.2 Å². The number of methoxy groups -OCH3 is 1. The van der Waals surface area contributed by atoms with Crippen LogP contribution in [0, 0.1) is 5.92 Å². The molecular weight excluding hydrogens is 400 g/mol. The third-order valence-corrected chi connectivity index (χ3v) is 6.70. The first-order chi connectivity index (χ1) is 14.6. The fourth-order valence-corrected chi connectivity index (χ4v) is 4.91. The van der Waals surface area contributed by atoms with Gasteiger partial charge in [-0.2, -0.15) is 0 Å². The number of rotatable bonds is 6. The summed E-state index contributed by atoms with van der Waals surface area (Å²) in [6.45, 7) is 2.89. The van der Waals surface area contributed by atoms with E-state index in [4.69, 9.17) is 4.74 Å². The molecule has 2 aliphatic rings. The number of carbonyl (C=O) groups excluding carboxylic acids is 2. The second-order valence-corrected chi connectivity index (χ2v) is 8.69. The summed E-state index contributed by atoms with van der Waals surface area (Å²) in [7, 11) is 1.68. The highest BCUT2D eigenvalue weighted by Crippen LogP contribution is 2.29. The first-order valence-electron chi connectivity index (χ1n) is 10.5. The smallest absolute Gasteiger partial charge is 0.229 e. The minimum atomic E-state index is 0.0622. The Balaban J connectivity index is 1.28. The first kappa shape index (κ1) is 20.7. The maximum absolute atomic E-state index is 12.7. The van der Waals surface area contributed by atoms with Crippen LogP contribution in [0.3, 0.4) is 0 Å². The van der Waals surface area contributed by atoms with Crippen molar-refractivity contribution in [2.45, 2.75) is 32.1 Å². The number of aromatic nitrogens is 1. The number of hydrogen-bond acceptors (Lipinski definition) is 6. The molecule has 2 aromatic rings. The van der Waals surface area contributed by atoms with Crippen LogP contribution in [0.5, 0.6) is 5.75 Å². The minimum Gasteiger partial charge on any atom is -0.495 e. The Morgan fingerprint density at radius 3 is 2.63 bits per heavy atom. The van der Waals surface area contributed by atoms with Gasteiger partial charge in [-0.05, 0) is 25.0 Å². The Hall–Kier alpha value is -2.61.